The van der Waals surface area contributed by atoms with Gasteiger partial charge in [0.05, 0.1) is 0 Å². The van der Waals surface area contributed by atoms with Crippen LogP contribution in [-0.4, -0.2) is 5.90 Å². The maximum atomic E-state index is 7.67. The lowest BCUT2D eigenvalue weighted by Gasteiger charge is -2.13. The third kappa shape index (κ3) is 2.21. The van der Waals surface area contributed by atoms with Crippen LogP contribution in [0.1, 0.15) is 37.0 Å². The van der Waals surface area contributed by atoms with Crippen molar-refractivity contribution >= 4 is 5.90 Å². The molecule has 0 saturated carbocycles. The predicted octanol–water partition coefficient (Wildman–Crippen LogP) is 4.48. The lowest BCUT2D eigenvalue weighted by Crippen LogP contribution is -2.09. The van der Waals surface area contributed by atoms with Gasteiger partial charge in [0, 0.05) is 6.42 Å². The zero-order valence-corrected chi connectivity index (χ0v) is 11.4. The molecule has 102 valence electrons. The van der Waals surface area contributed by atoms with Crippen molar-refractivity contribution < 1.29 is 9.78 Å². The van der Waals surface area contributed by atoms with Crippen molar-refractivity contribution in [2.45, 2.75) is 25.9 Å². The van der Waals surface area contributed by atoms with Crippen molar-refractivity contribution in [1.29, 1.82) is 5.41 Å². The molecule has 0 atom stereocenters. The lowest BCUT2D eigenvalue weighted by molar-refractivity contribution is -0.252. The van der Waals surface area contributed by atoms with Crippen LogP contribution in [0.5, 0.6) is 0 Å². The van der Waals surface area contributed by atoms with Gasteiger partial charge in [-0.3, -0.25) is 5.41 Å². The first-order valence-electron chi connectivity index (χ1n) is 6.90. The first-order chi connectivity index (χ1) is 9.81. The van der Waals surface area contributed by atoms with Crippen molar-refractivity contribution in [3.8, 4) is 11.1 Å². The van der Waals surface area contributed by atoms with Crippen LogP contribution in [0.2, 0.25) is 0 Å². The molecule has 1 aliphatic rings. The smallest absolute Gasteiger partial charge is 0.224 e. The Kier molecular flexibility index (Phi) is 3.52. The highest BCUT2D eigenvalue weighted by atomic mass is 17.2. The molecule has 0 fully saturated rings. The van der Waals surface area contributed by atoms with Gasteiger partial charge in [-0.05, 0) is 28.7 Å². The molecule has 0 saturated heterocycles. The van der Waals surface area contributed by atoms with Crippen LogP contribution in [-0.2, 0) is 9.78 Å². The maximum absolute atomic E-state index is 7.67. The van der Waals surface area contributed by atoms with Crippen LogP contribution in [0, 0.1) is 5.41 Å². The van der Waals surface area contributed by atoms with Gasteiger partial charge in [-0.2, -0.15) is 4.89 Å². The fourth-order valence-corrected chi connectivity index (χ4v) is 2.59. The Morgan fingerprint density at radius 2 is 1.55 bits per heavy atom. The van der Waals surface area contributed by atoms with E-state index < -0.39 is 0 Å². The molecule has 2 aromatic rings. The molecule has 3 rings (SSSR count). The van der Waals surface area contributed by atoms with E-state index in [0.717, 1.165) is 17.5 Å². The number of hydrogen-bond donors (Lipinski definition) is 1. The zero-order chi connectivity index (χ0) is 13.9. The Hall–Kier alpha value is -2.13. The van der Waals surface area contributed by atoms with Crippen molar-refractivity contribution in [3.63, 3.8) is 0 Å². The summed E-state index contributed by atoms with van der Waals surface area (Å²) >= 11 is 0. The Bertz CT molecular complexity index is 591. The van der Waals surface area contributed by atoms with E-state index in [9.17, 15) is 0 Å². The minimum Gasteiger partial charge on any atom is -0.321 e. The second-order valence-electron chi connectivity index (χ2n) is 4.91. The van der Waals surface area contributed by atoms with Crippen molar-refractivity contribution in [3.05, 3.63) is 59.7 Å². The molecular formula is C17H17NO2. The Balaban J connectivity index is 1.89. The Morgan fingerprint density at radius 1 is 1.00 bits per heavy atom. The molecule has 0 amide bonds. The average Bonchev–Trinajstić information content (AvgIpc) is 2.80. The van der Waals surface area contributed by atoms with Crippen molar-refractivity contribution in [2.75, 3.05) is 0 Å². The van der Waals surface area contributed by atoms with E-state index in [-0.39, 0.29) is 12.0 Å². The monoisotopic (exact) mass is 267 g/mol. The first kappa shape index (κ1) is 12.9. The van der Waals surface area contributed by atoms with Gasteiger partial charge < -0.3 is 4.89 Å². The molecule has 1 aliphatic carbocycles. The Morgan fingerprint density at radius 3 is 2.10 bits per heavy atom. The van der Waals surface area contributed by atoms with Gasteiger partial charge in [-0.25, -0.2) is 0 Å². The van der Waals surface area contributed by atoms with Gasteiger partial charge in [0.2, 0.25) is 5.90 Å². The van der Waals surface area contributed by atoms with E-state index >= 15 is 0 Å². The topological polar surface area (TPSA) is 42.3 Å². The van der Waals surface area contributed by atoms with Gasteiger partial charge >= 0.3 is 0 Å². The van der Waals surface area contributed by atoms with Crippen LogP contribution in [0.15, 0.2) is 48.5 Å². The summed E-state index contributed by atoms with van der Waals surface area (Å²) in [5.74, 6) is 0.175. The summed E-state index contributed by atoms with van der Waals surface area (Å²) in [4.78, 5) is 10.7. The third-order valence-corrected chi connectivity index (χ3v) is 3.50. The van der Waals surface area contributed by atoms with Crippen molar-refractivity contribution in [2.24, 2.45) is 0 Å². The van der Waals surface area contributed by atoms with Gasteiger partial charge in [0.15, 0.2) is 6.10 Å². The number of rotatable bonds is 4. The second-order valence-corrected chi connectivity index (χ2v) is 4.91. The van der Waals surface area contributed by atoms with Crippen LogP contribution in [0.4, 0.5) is 0 Å². The van der Waals surface area contributed by atoms with E-state index in [0.29, 0.717) is 6.42 Å². The molecule has 0 bridgehead atoms. The SMILES string of the molecule is CCCC(=N)OOC1c2ccccc2-c2ccccc21. The highest BCUT2D eigenvalue weighted by Gasteiger charge is 2.30. The largest absolute Gasteiger partial charge is 0.321 e. The molecule has 1 N–H and O–H groups in total. The summed E-state index contributed by atoms with van der Waals surface area (Å²) in [7, 11) is 0. The van der Waals surface area contributed by atoms with Gasteiger partial charge in [-0.1, -0.05) is 55.5 Å². The molecule has 0 aliphatic heterocycles. The minimum absolute atomic E-state index is 0.175. The number of fused-ring (bicyclic) bond motifs is 3. The molecule has 0 aromatic heterocycles. The quantitative estimate of drug-likeness (QED) is 0.384. The number of nitrogens with one attached hydrogen (secondary N) is 1. The minimum atomic E-state index is -0.250. The van der Waals surface area contributed by atoms with E-state index in [1.54, 1.807) is 0 Å². The van der Waals surface area contributed by atoms with Crippen LogP contribution < -0.4 is 0 Å². The molecule has 20 heavy (non-hydrogen) atoms. The van der Waals surface area contributed by atoms with E-state index in [2.05, 4.69) is 12.1 Å². The highest BCUT2D eigenvalue weighted by molar-refractivity contribution is 5.78. The normalized spacial score (nSPS) is 12.8. The van der Waals surface area contributed by atoms with E-state index in [1.807, 2.05) is 43.3 Å². The first-order valence-corrected chi connectivity index (χ1v) is 6.90. The van der Waals surface area contributed by atoms with Crippen molar-refractivity contribution in [1.82, 2.24) is 0 Å². The molecule has 2 aromatic carbocycles. The molecular weight excluding hydrogens is 250 g/mol. The van der Waals surface area contributed by atoms with Crippen LogP contribution in [0.3, 0.4) is 0 Å². The van der Waals surface area contributed by atoms with E-state index in [1.165, 1.54) is 11.1 Å². The summed E-state index contributed by atoms with van der Waals surface area (Å²) in [6.45, 7) is 2.01. The number of benzene rings is 2. The van der Waals surface area contributed by atoms with E-state index in [4.69, 9.17) is 15.2 Å². The summed E-state index contributed by atoms with van der Waals surface area (Å²) in [5.41, 5.74) is 4.55. The predicted molar refractivity (Wildman–Crippen MR) is 78.5 cm³/mol. The molecule has 0 radical (unpaired) electrons. The lowest BCUT2D eigenvalue weighted by atomic mass is 10.1. The summed E-state index contributed by atoms with van der Waals surface area (Å²) in [6, 6.07) is 16.3. The Labute approximate surface area is 118 Å². The summed E-state index contributed by atoms with van der Waals surface area (Å²) in [6.07, 6.45) is 1.22. The summed E-state index contributed by atoms with van der Waals surface area (Å²) < 4.78 is 0. The fourth-order valence-electron chi connectivity index (χ4n) is 2.59. The molecule has 3 nitrogen and oxygen atoms in total. The zero-order valence-electron chi connectivity index (χ0n) is 11.4. The molecule has 3 heteroatoms. The maximum Gasteiger partial charge on any atom is 0.224 e. The van der Waals surface area contributed by atoms with Gasteiger partial charge in [-0.15, -0.1) is 0 Å². The third-order valence-electron chi connectivity index (χ3n) is 3.50. The molecule has 0 spiro atoms. The number of hydrogen-bond acceptors (Lipinski definition) is 3. The van der Waals surface area contributed by atoms with Gasteiger partial charge in [0.25, 0.3) is 0 Å². The second kappa shape index (κ2) is 5.47. The fraction of sp³-hybridized carbons (Fsp3) is 0.235. The van der Waals surface area contributed by atoms with Crippen LogP contribution >= 0.6 is 0 Å². The molecule has 0 heterocycles. The highest BCUT2D eigenvalue weighted by Crippen LogP contribution is 2.45. The van der Waals surface area contributed by atoms with Gasteiger partial charge in [0.1, 0.15) is 0 Å². The van der Waals surface area contributed by atoms with Crippen LogP contribution in [0.25, 0.3) is 11.1 Å². The molecule has 0 unspecified atom stereocenters. The standard InChI is InChI=1S/C17H17NO2/c1-2-7-16(18)19-20-17-14-10-5-3-8-12(14)13-9-4-6-11-15(13)17/h3-6,8-11,17-18H,2,7H2,1H3. The summed E-state index contributed by atoms with van der Waals surface area (Å²) in [5, 5.41) is 7.67. The average molecular weight is 267 g/mol.